The monoisotopic (exact) mass is 333 g/mol. The van der Waals surface area contributed by atoms with E-state index in [-0.39, 0.29) is 0 Å². The van der Waals surface area contributed by atoms with Crippen molar-refractivity contribution < 1.29 is 13.3 Å². The predicted molar refractivity (Wildman–Crippen MR) is 86.5 cm³/mol. The van der Waals surface area contributed by atoms with Crippen LogP contribution in [0.4, 0.5) is 0 Å². The first kappa shape index (κ1) is 18.6. The van der Waals surface area contributed by atoms with E-state index in [1.807, 2.05) is 20.8 Å². The molecule has 21 heavy (non-hydrogen) atoms. The molecule has 1 rings (SSSR count). The average molecular weight is 334 g/mol. The summed E-state index contributed by atoms with van der Waals surface area (Å²) in [7, 11) is -2.50. The molecule has 1 N–H and O–H groups in total. The highest BCUT2D eigenvalue weighted by atomic mass is 32.2. The number of aryl methyl sites for hydroxylation is 1. The molecule has 1 aromatic rings. The molecule has 0 unspecified atom stereocenters. The largest absolute Gasteiger partial charge is 0.500 e. The van der Waals surface area contributed by atoms with E-state index < -0.39 is 8.80 Å². The van der Waals surface area contributed by atoms with Crippen LogP contribution >= 0.6 is 11.8 Å². The Hall–Kier alpha value is -0.413. The fraction of sp³-hybridized carbons (Fsp3) is 0.846. The standard InChI is InChI=1S/C13H27N3O3SSi/c1-5-12-14-13(16-15-12)20-10-9-11-21(17-6-2,18-7-3)19-8-4/h5-11H2,1-4H3,(H,14,15,16). The third-order valence-corrected chi connectivity index (χ3v) is 6.88. The SMILES string of the molecule is CCO[Si](CCCSc1n[nH]c(CC)n1)(OCC)OCC. The normalized spacial score (nSPS) is 12.0. The maximum absolute atomic E-state index is 5.83. The van der Waals surface area contributed by atoms with Gasteiger partial charge in [-0.1, -0.05) is 18.7 Å². The van der Waals surface area contributed by atoms with Gasteiger partial charge in [0.05, 0.1) is 0 Å². The number of H-pyrrole nitrogens is 1. The lowest BCUT2D eigenvalue weighted by molar-refractivity contribution is 0.0712. The summed E-state index contributed by atoms with van der Waals surface area (Å²) < 4.78 is 17.5. The average Bonchev–Trinajstić information content (AvgIpc) is 2.92. The van der Waals surface area contributed by atoms with Crippen LogP contribution in [-0.4, -0.2) is 49.6 Å². The smallest absolute Gasteiger partial charge is 0.374 e. The highest BCUT2D eigenvalue weighted by molar-refractivity contribution is 7.99. The van der Waals surface area contributed by atoms with Crippen molar-refractivity contribution in [3.05, 3.63) is 5.82 Å². The van der Waals surface area contributed by atoms with Crippen LogP contribution in [0.5, 0.6) is 0 Å². The molecule has 1 aromatic heterocycles. The second-order valence-electron chi connectivity index (χ2n) is 4.35. The van der Waals surface area contributed by atoms with Crippen LogP contribution in [0.3, 0.4) is 0 Å². The maximum atomic E-state index is 5.83. The zero-order valence-electron chi connectivity index (χ0n) is 13.5. The van der Waals surface area contributed by atoms with Gasteiger partial charge in [0, 0.05) is 38.0 Å². The Kier molecular flexibility index (Phi) is 9.17. The molecule has 0 saturated heterocycles. The summed E-state index contributed by atoms with van der Waals surface area (Å²) in [5, 5.41) is 7.91. The number of aromatic amines is 1. The van der Waals surface area contributed by atoms with Crippen molar-refractivity contribution in [1.29, 1.82) is 0 Å². The van der Waals surface area contributed by atoms with Crippen molar-refractivity contribution in [3.8, 4) is 0 Å². The van der Waals surface area contributed by atoms with Crippen molar-refractivity contribution in [2.75, 3.05) is 25.6 Å². The summed E-state index contributed by atoms with van der Waals surface area (Å²) in [6.07, 6.45) is 1.84. The topological polar surface area (TPSA) is 69.3 Å². The third-order valence-electron chi connectivity index (χ3n) is 2.80. The highest BCUT2D eigenvalue weighted by Gasteiger charge is 2.39. The van der Waals surface area contributed by atoms with Gasteiger partial charge in [-0.3, -0.25) is 5.10 Å². The molecule has 8 heteroatoms. The first-order valence-corrected chi connectivity index (χ1v) is 10.6. The Balaban J connectivity index is 2.41. The van der Waals surface area contributed by atoms with Crippen LogP contribution in [-0.2, 0) is 19.7 Å². The van der Waals surface area contributed by atoms with Gasteiger partial charge in [0.15, 0.2) is 0 Å². The maximum Gasteiger partial charge on any atom is 0.500 e. The lowest BCUT2D eigenvalue weighted by Gasteiger charge is -2.28. The van der Waals surface area contributed by atoms with Crippen LogP contribution in [0.1, 0.15) is 39.9 Å². The number of hydrogen-bond donors (Lipinski definition) is 1. The second-order valence-corrected chi connectivity index (χ2v) is 8.15. The van der Waals surface area contributed by atoms with E-state index in [4.69, 9.17) is 13.3 Å². The van der Waals surface area contributed by atoms with Crippen LogP contribution < -0.4 is 0 Å². The van der Waals surface area contributed by atoms with Gasteiger partial charge in [0.1, 0.15) is 5.82 Å². The van der Waals surface area contributed by atoms with Gasteiger partial charge in [-0.05, 0) is 27.2 Å². The predicted octanol–water partition coefficient (Wildman–Crippen LogP) is 2.90. The van der Waals surface area contributed by atoms with Gasteiger partial charge in [-0.2, -0.15) is 0 Å². The summed E-state index contributed by atoms with van der Waals surface area (Å²) in [4.78, 5) is 4.39. The first-order valence-electron chi connectivity index (χ1n) is 7.65. The highest BCUT2D eigenvalue weighted by Crippen LogP contribution is 2.21. The van der Waals surface area contributed by atoms with Gasteiger partial charge in [0.25, 0.3) is 0 Å². The Morgan fingerprint density at radius 1 is 1.05 bits per heavy atom. The Morgan fingerprint density at radius 3 is 2.14 bits per heavy atom. The number of rotatable bonds is 12. The molecule has 0 atom stereocenters. The molecule has 0 amide bonds. The van der Waals surface area contributed by atoms with E-state index in [1.165, 1.54) is 0 Å². The molecule has 0 bridgehead atoms. The van der Waals surface area contributed by atoms with Gasteiger partial charge in [-0.15, -0.1) is 5.10 Å². The fourth-order valence-corrected chi connectivity index (χ4v) is 5.58. The molecule has 0 aliphatic rings. The van der Waals surface area contributed by atoms with Gasteiger partial charge < -0.3 is 13.3 Å². The van der Waals surface area contributed by atoms with Crippen LogP contribution in [0.2, 0.25) is 6.04 Å². The molecule has 0 fully saturated rings. The van der Waals surface area contributed by atoms with E-state index in [0.29, 0.717) is 19.8 Å². The van der Waals surface area contributed by atoms with Crippen molar-refractivity contribution in [2.24, 2.45) is 0 Å². The van der Waals surface area contributed by atoms with Crippen molar-refractivity contribution in [3.63, 3.8) is 0 Å². The van der Waals surface area contributed by atoms with Gasteiger partial charge >= 0.3 is 8.80 Å². The van der Waals surface area contributed by atoms with E-state index in [2.05, 4.69) is 22.1 Å². The minimum Gasteiger partial charge on any atom is -0.374 e. The summed E-state index contributed by atoms with van der Waals surface area (Å²) in [5.41, 5.74) is 0. The molecule has 1 heterocycles. The van der Waals surface area contributed by atoms with Crippen molar-refractivity contribution >= 4 is 20.6 Å². The molecular formula is C13H27N3O3SSi. The quantitative estimate of drug-likeness (QED) is 0.360. The Morgan fingerprint density at radius 2 is 1.67 bits per heavy atom. The minimum atomic E-state index is -2.50. The van der Waals surface area contributed by atoms with Crippen molar-refractivity contribution in [2.45, 2.75) is 51.7 Å². The van der Waals surface area contributed by atoms with Crippen LogP contribution in [0.25, 0.3) is 0 Å². The van der Waals surface area contributed by atoms with Crippen molar-refractivity contribution in [1.82, 2.24) is 15.2 Å². The van der Waals surface area contributed by atoms with E-state index in [9.17, 15) is 0 Å². The van der Waals surface area contributed by atoms with Crippen LogP contribution in [0, 0.1) is 0 Å². The van der Waals surface area contributed by atoms with Gasteiger partial charge in [0.2, 0.25) is 5.16 Å². The molecule has 122 valence electrons. The Labute approximate surface area is 132 Å². The summed E-state index contributed by atoms with van der Waals surface area (Å²) >= 11 is 1.65. The summed E-state index contributed by atoms with van der Waals surface area (Å²) in [6.45, 7) is 9.87. The summed E-state index contributed by atoms with van der Waals surface area (Å²) in [6, 6.07) is 0.834. The van der Waals surface area contributed by atoms with E-state index in [1.54, 1.807) is 11.8 Å². The zero-order valence-corrected chi connectivity index (χ0v) is 15.3. The molecule has 0 saturated carbocycles. The number of thioether (sulfide) groups is 1. The number of aromatic nitrogens is 3. The van der Waals surface area contributed by atoms with E-state index >= 15 is 0 Å². The molecule has 0 aromatic carbocycles. The third kappa shape index (κ3) is 6.48. The zero-order chi connectivity index (χ0) is 15.6. The van der Waals surface area contributed by atoms with Crippen LogP contribution in [0.15, 0.2) is 5.16 Å². The number of nitrogens with zero attached hydrogens (tertiary/aromatic N) is 2. The summed E-state index contributed by atoms with van der Waals surface area (Å²) in [5.74, 6) is 1.86. The Bertz CT molecular complexity index is 375. The van der Waals surface area contributed by atoms with Gasteiger partial charge in [-0.25, -0.2) is 4.98 Å². The number of nitrogens with one attached hydrogen (secondary N) is 1. The minimum absolute atomic E-state index is 0.625. The molecule has 0 aliphatic carbocycles. The molecule has 0 radical (unpaired) electrons. The molecule has 0 spiro atoms. The second kappa shape index (κ2) is 10.3. The molecular weight excluding hydrogens is 306 g/mol. The first-order chi connectivity index (χ1) is 10.2. The molecule has 0 aliphatic heterocycles. The number of hydrogen-bond acceptors (Lipinski definition) is 6. The van der Waals surface area contributed by atoms with E-state index in [0.717, 1.165) is 35.6 Å². The fourth-order valence-electron chi connectivity index (χ4n) is 1.95. The lowest BCUT2D eigenvalue weighted by Crippen LogP contribution is -2.46. The lowest BCUT2D eigenvalue weighted by atomic mass is 10.5. The molecule has 6 nitrogen and oxygen atoms in total.